The first-order valence-electron chi connectivity index (χ1n) is 9.01. The number of anilines is 1. The van der Waals surface area contributed by atoms with Gasteiger partial charge in [-0.25, -0.2) is 8.42 Å². The third-order valence-corrected chi connectivity index (χ3v) is 6.71. The number of carbonyl (C=O) groups is 1. The lowest BCUT2D eigenvalue weighted by atomic mass is 9.93. The lowest BCUT2D eigenvalue weighted by Gasteiger charge is -2.38. The number of aryl methyl sites for hydroxylation is 1. The van der Waals surface area contributed by atoms with Crippen LogP contribution >= 0.6 is 0 Å². The Balaban J connectivity index is 0.000000706. The normalized spacial score (nSPS) is 13.9. The second-order valence-electron chi connectivity index (χ2n) is 6.66. The molecule has 1 aliphatic carbocycles. The lowest BCUT2D eigenvalue weighted by Crippen LogP contribution is -2.44. The Hall–Kier alpha value is -2.93. The van der Waals surface area contributed by atoms with E-state index in [9.17, 15) is 8.42 Å². The summed E-state index contributed by atoms with van der Waals surface area (Å²) in [6, 6.07) is 16.6. The van der Waals surface area contributed by atoms with Crippen LogP contribution in [0.3, 0.4) is 0 Å². The van der Waals surface area contributed by atoms with E-state index in [1.54, 1.807) is 22.6 Å². The Morgan fingerprint density at radius 3 is 2.32 bits per heavy atom. The number of benzene rings is 2. The number of aromatic nitrogens is 1. The van der Waals surface area contributed by atoms with E-state index in [-0.39, 0.29) is 12.5 Å². The minimum absolute atomic E-state index is 0.00101. The molecule has 0 amide bonds. The number of hydrogen-bond donors (Lipinski definition) is 1. The molecule has 1 aliphatic rings. The van der Waals surface area contributed by atoms with Crippen molar-refractivity contribution in [1.82, 2.24) is 4.98 Å². The van der Waals surface area contributed by atoms with Gasteiger partial charge >= 0.3 is 0 Å². The maximum absolute atomic E-state index is 13.4. The first-order chi connectivity index (χ1) is 13.5. The summed E-state index contributed by atoms with van der Waals surface area (Å²) in [7, 11) is -3.63. The average molecular weight is 398 g/mol. The molecule has 7 heteroatoms. The fourth-order valence-corrected chi connectivity index (χ4v) is 4.95. The molecule has 28 heavy (non-hydrogen) atoms. The molecule has 1 N–H and O–H groups in total. The molecule has 0 bridgehead atoms. The van der Waals surface area contributed by atoms with Crippen LogP contribution in [0.25, 0.3) is 10.9 Å². The zero-order chi connectivity index (χ0) is 20.1. The maximum atomic E-state index is 13.4. The minimum Gasteiger partial charge on any atom is -0.483 e. The molecule has 1 heterocycles. The van der Waals surface area contributed by atoms with Crippen molar-refractivity contribution in [2.45, 2.75) is 37.1 Å². The molecule has 6 nitrogen and oxygen atoms in total. The van der Waals surface area contributed by atoms with Gasteiger partial charge in [-0.15, -0.1) is 0 Å². The summed E-state index contributed by atoms with van der Waals surface area (Å²) >= 11 is 0. The van der Waals surface area contributed by atoms with E-state index in [2.05, 4.69) is 4.98 Å². The van der Waals surface area contributed by atoms with Gasteiger partial charge < -0.3 is 5.11 Å². The fraction of sp³-hybridized carbons (Fsp3) is 0.238. The van der Waals surface area contributed by atoms with E-state index < -0.39 is 10.0 Å². The number of sulfonamides is 1. The standard InChI is InChI=1S/C20H20N2O2S.CH2O2/c1-15-10-12-18(13-11-15)25(23,24)22(17-7-3-8-17)19-9-2-5-16-6-4-14-21-20(16)19;2-1-3/h2,4-6,9-14,17H,3,7-8H2,1H3;1H,(H,2,3). The van der Waals surface area contributed by atoms with Crippen molar-refractivity contribution in [3.8, 4) is 0 Å². The van der Waals surface area contributed by atoms with Crippen LogP contribution in [0.4, 0.5) is 5.69 Å². The molecule has 0 atom stereocenters. The Kier molecular flexibility index (Phi) is 5.94. The molecule has 1 aromatic heterocycles. The van der Waals surface area contributed by atoms with Gasteiger partial charge in [-0.05, 0) is 50.5 Å². The van der Waals surface area contributed by atoms with Gasteiger partial charge in [0.2, 0.25) is 0 Å². The molecule has 0 unspecified atom stereocenters. The van der Waals surface area contributed by atoms with Crippen LogP contribution < -0.4 is 4.31 Å². The first kappa shape index (κ1) is 19.8. The van der Waals surface area contributed by atoms with Gasteiger partial charge in [0.05, 0.1) is 16.1 Å². The van der Waals surface area contributed by atoms with E-state index in [0.717, 1.165) is 35.7 Å². The van der Waals surface area contributed by atoms with E-state index in [0.29, 0.717) is 10.6 Å². The molecule has 0 saturated heterocycles. The smallest absolute Gasteiger partial charge is 0.290 e. The molecule has 0 aliphatic heterocycles. The highest BCUT2D eigenvalue weighted by atomic mass is 32.2. The van der Waals surface area contributed by atoms with Crippen molar-refractivity contribution >= 4 is 33.1 Å². The molecular weight excluding hydrogens is 376 g/mol. The number of rotatable bonds is 4. The van der Waals surface area contributed by atoms with Crippen molar-refractivity contribution in [2.75, 3.05) is 4.31 Å². The topological polar surface area (TPSA) is 87.6 Å². The lowest BCUT2D eigenvalue weighted by molar-refractivity contribution is -0.122. The Morgan fingerprint density at radius 1 is 1.07 bits per heavy atom. The Morgan fingerprint density at radius 2 is 1.71 bits per heavy atom. The van der Waals surface area contributed by atoms with Crippen molar-refractivity contribution in [2.24, 2.45) is 0 Å². The van der Waals surface area contributed by atoms with Crippen LogP contribution in [0.1, 0.15) is 24.8 Å². The van der Waals surface area contributed by atoms with E-state index in [1.807, 2.05) is 49.4 Å². The second kappa shape index (κ2) is 8.39. The highest BCUT2D eigenvalue weighted by Crippen LogP contribution is 2.37. The number of nitrogens with zero attached hydrogens (tertiary/aromatic N) is 2. The van der Waals surface area contributed by atoms with E-state index in [4.69, 9.17) is 9.90 Å². The zero-order valence-electron chi connectivity index (χ0n) is 15.5. The highest BCUT2D eigenvalue weighted by Gasteiger charge is 2.36. The molecule has 3 aromatic rings. The van der Waals surface area contributed by atoms with Crippen LogP contribution in [0.2, 0.25) is 0 Å². The minimum atomic E-state index is -3.63. The molecule has 1 fully saturated rings. The first-order valence-corrected chi connectivity index (χ1v) is 10.5. The third kappa shape index (κ3) is 3.84. The summed E-state index contributed by atoms with van der Waals surface area (Å²) in [6.07, 6.45) is 4.54. The molecule has 4 rings (SSSR count). The molecule has 0 radical (unpaired) electrons. The maximum Gasteiger partial charge on any atom is 0.290 e. The molecule has 0 spiro atoms. The SMILES string of the molecule is Cc1ccc(S(=O)(=O)N(c2cccc3cccnc23)C2CCC2)cc1.O=CO. The predicted octanol–water partition coefficient (Wildman–Crippen LogP) is 3.99. The molecular formula is C21H22N2O4S. The Labute approximate surface area is 164 Å². The fourth-order valence-electron chi connectivity index (χ4n) is 3.23. The molecule has 2 aromatic carbocycles. The van der Waals surface area contributed by atoms with Gasteiger partial charge in [-0.2, -0.15) is 0 Å². The number of fused-ring (bicyclic) bond motifs is 1. The van der Waals surface area contributed by atoms with Gasteiger partial charge in [0.1, 0.15) is 0 Å². The molecule has 1 saturated carbocycles. The number of carboxylic acid groups (broad SMARTS) is 1. The highest BCUT2D eigenvalue weighted by molar-refractivity contribution is 7.92. The summed E-state index contributed by atoms with van der Waals surface area (Å²) in [5.41, 5.74) is 2.44. The van der Waals surface area contributed by atoms with Gasteiger partial charge in [-0.1, -0.05) is 35.9 Å². The van der Waals surface area contributed by atoms with Crippen LogP contribution in [0, 0.1) is 6.92 Å². The monoisotopic (exact) mass is 398 g/mol. The Bertz CT molecular complexity index is 1060. The number of pyridine rings is 1. The van der Waals surface area contributed by atoms with Crippen molar-refractivity contribution in [3.63, 3.8) is 0 Å². The van der Waals surface area contributed by atoms with E-state index >= 15 is 0 Å². The summed E-state index contributed by atoms with van der Waals surface area (Å²) in [5, 5.41) is 7.84. The predicted molar refractivity (Wildman–Crippen MR) is 109 cm³/mol. The quantitative estimate of drug-likeness (QED) is 0.672. The third-order valence-electron chi connectivity index (χ3n) is 4.83. The van der Waals surface area contributed by atoms with Crippen LogP contribution in [-0.2, 0) is 14.8 Å². The number of para-hydroxylation sites is 1. The summed E-state index contributed by atoms with van der Waals surface area (Å²) in [4.78, 5) is 13.2. The second-order valence-corrected chi connectivity index (χ2v) is 8.47. The van der Waals surface area contributed by atoms with Crippen molar-refractivity contribution in [1.29, 1.82) is 0 Å². The summed E-state index contributed by atoms with van der Waals surface area (Å²) < 4.78 is 28.4. The van der Waals surface area contributed by atoms with Gasteiger partial charge in [0.15, 0.2) is 0 Å². The van der Waals surface area contributed by atoms with Crippen molar-refractivity contribution < 1.29 is 18.3 Å². The number of hydrogen-bond acceptors (Lipinski definition) is 4. The van der Waals surface area contributed by atoms with Crippen LogP contribution in [-0.4, -0.2) is 31.0 Å². The van der Waals surface area contributed by atoms with Crippen molar-refractivity contribution in [3.05, 3.63) is 66.4 Å². The van der Waals surface area contributed by atoms with Gasteiger partial charge in [-0.3, -0.25) is 14.1 Å². The van der Waals surface area contributed by atoms with Gasteiger partial charge in [0.25, 0.3) is 16.5 Å². The zero-order valence-corrected chi connectivity index (χ0v) is 16.3. The van der Waals surface area contributed by atoms with Gasteiger partial charge in [0, 0.05) is 17.6 Å². The van der Waals surface area contributed by atoms with Crippen LogP contribution in [0.5, 0.6) is 0 Å². The van der Waals surface area contributed by atoms with Crippen LogP contribution in [0.15, 0.2) is 65.7 Å². The van der Waals surface area contributed by atoms with E-state index in [1.165, 1.54) is 0 Å². The average Bonchev–Trinajstić information content (AvgIpc) is 2.65. The summed E-state index contributed by atoms with van der Waals surface area (Å²) in [5.74, 6) is 0. The largest absolute Gasteiger partial charge is 0.483 e. The summed E-state index contributed by atoms with van der Waals surface area (Å²) in [6.45, 7) is 1.70. The molecule has 146 valence electrons.